The summed E-state index contributed by atoms with van der Waals surface area (Å²) in [6.07, 6.45) is -6.92. The summed E-state index contributed by atoms with van der Waals surface area (Å²) >= 11 is -5.87. The van der Waals surface area contributed by atoms with E-state index in [1.807, 2.05) is 0 Å². The molecule has 1 aliphatic heterocycles. The zero-order valence-corrected chi connectivity index (χ0v) is 14.6. The van der Waals surface area contributed by atoms with Crippen LogP contribution in [0, 0.1) is 0 Å². The van der Waals surface area contributed by atoms with Gasteiger partial charge in [-0.15, -0.1) is 11.7 Å². The lowest BCUT2D eigenvalue weighted by molar-refractivity contribution is -0.0460. The first-order chi connectivity index (χ1) is 11.7. The highest BCUT2D eigenvalue weighted by Gasteiger charge is 2.50. The van der Waals surface area contributed by atoms with Crippen molar-refractivity contribution >= 4 is 31.2 Å². The molecule has 1 saturated heterocycles. The number of alkyl halides is 6. The molecule has 1 fully saturated rings. The normalized spacial score (nSPS) is 26.8. The van der Waals surface area contributed by atoms with E-state index in [4.69, 9.17) is 0 Å². The van der Waals surface area contributed by atoms with Gasteiger partial charge in [0.1, 0.15) is 12.6 Å². The molecule has 9 nitrogen and oxygen atoms in total. The molecule has 2 atom stereocenters. The molecule has 0 bridgehead atoms. The van der Waals surface area contributed by atoms with Gasteiger partial charge in [0.2, 0.25) is 11.2 Å². The summed E-state index contributed by atoms with van der Waals surface area (Å²) in [4.78, 5) is 0. The molecule has 0 aromatic heterocycles. The predicted octanol–water partition coefficient (Wildman–Crippen LogP) is -0.00140. The zero-order valence-electron chi connectivity index (χ0n) is 12.2. The maximum absolute atomic E-state index is 12.5. The van der Waals surface area contributed by atoms with Crippen LogP contribution in [-0.4, -0.2) is 52.4 Å². The van der Waals surface area contributed by atoms with E-state index in [9.17, 15) is 54.8 Å². The molecule has 1 heterocycles. The van der Waals surface area contributed by atoms with Crippen molar-refractivity contribution in [2.45, 2.75) is 29.8 Å². The Labute approximate surface area is 147 Å². The van der Waals surface area contributed by atoms with Crippen LogP contribution in [0.15, 0.2) is 0 Å². The van der Waals surface area contributed by atoms with Gasteiger partial charge in [0, 0.05) is 0 Å². The average molecular weight is 483 g/mol. The number of hydrogen-bond donors (Lipinski definition) is 5. The molecule has 1 rings (SSSR count). The average Bonchev–Trinajstić information content (AvgIpc) is 2.31. The van der Waals surface area contributed by atoms with Crippen molar-refractivity contribution < 1.29 is 54.8 Å². The van der Waals surface area contributed by atoms with Crippen molar-refractivity contribution in [1.82, 2.24) is 25.4 Å². The summed E-state index contributed by atoms with van der Waals surface area (Å²) in [6.45, 7) is 0. The van der Waals surface area contributed by atoms with Gasteiger partial charge < -0.3 is 0 Å². The first-order valence-corrected chi connectivity index (χ1v) is 10.6. The van der Waals surface area contributed by atoms with Crippen molar-refractivity contribution in [3.05, 3.63) is 0 Å². The molecule has 1 aliphatic rings. The SMILES string of the molecule is O=S(=O)(NC1NC(CS(F)(F)F)NC(NS(=O)(=O)C(F)(F)F)N1)C(F)(F)F. The first-order valence-electron chi connectivity index (χ1n) is 6.09. The second-order valence-electron chi connectivity index (χ2n) is 4.72. The van der Waals surface area contributed by atoms with Gasteiger partial charge in [0.05, 0.1) is 11.9 Å². The van der Waals surface area contributed by atoms with E-state index in [1.54, 1.807) is 16.0 Å². The minimum atomic E-state index is -6.14. The Morgan fingerprint density at radius 2 is 1.04 bits per heavy atom. The molecule has 0 saturated carbocycles. The Balaban J connectivity index is 3.05. The van der Waals surface area contributed by atoms with Gasteiger partial charge in [-0.3, -0.25) is 16.0 Å². The Hall–Kier alpha value is -0.580. The molecular weight excluding hydrogens is 473 g/mol. The van der Waals surface area contributed by atoms with Crippen molar-refractivity contribution in [1.29, 1.82) is 0 Å². The topological polar surface area (TPSA) is 128 Å². The number of rotatable bonds is 6. The smallest absolute Gasteiger partial charge is 0.272 e. The largest absolute Gasteiger partial charge is 0.511 e. The van der Waals surface area contributed by atoms with Gasteiger partial charge in [-0.05, 0) is 0 Å². The molecule has 0 amide bonds. The Bertz CT molecular complexity index is 679. The molecular formula is C6H10F9N5O4S3. The predicted molar refractivity (Wildman–Crippen MR) is 72.8 cm³/mol. The maximum Gasteiger partial charge on any atom is 0.511 e. The quantitative estimate of drug-likeness (QED) is 0.337. The van der Waals surface area contributed by atoms with Crippen LogP contribution in [0.25, 0.3) is 0 Å². The third-order valence-corrected chi connectivity index (χ3v) is 5.60. The van der Waals surface area contributed by atoms with Crippen molar-refractivity contribution in [3.8, 4) is 0 Å². The summed E-state index contributed by atoms with van der Waals surface area (Å²) in [7, 11) is -12.3. The number of halogens is 9. The van der Waals surface area contributed by atoms with E-state index in [0.29, 0.717) is 0 Å². The van der Waals surface area contributed by atoms with Crippen LogP contribution in [0.3, 0.4) is 0 Å². The highest BCUT2D eigenvalue weighted by molar-refractivity contribution is 8.20. The van der Waals surface area contributed by atoms with Crippen LogP contribution >= 0.6 is 11.2 Å². The van der Waals surface area contributed by atoms with E-state index in [-0.39, 0.29) is 0 Å². The van der Waals surface area contributed by atoms with E-state index in [2.05, 4.69) is 0 Å². The van der Waals surface area contributed by atoms with Crippen LogP contribution in [0.4, 0.5) is 38.0 Å². The lowest BCUT2D eigenvalue weighted by Crippen LogP contribution is -2.76. The summed E-state index contributed by atoms with van der Waals surface area (Å²) in [5.74, 6) is -1.82. The number of nitrogens with one attached hydrogen (secondary N) is 5. The summed E-state index contributed by atoms with van der Waals surface area (Å²) in [5.41, 5.74) is -11.8. The molecule has 2 unspecified atom stereocenters. The fraction of sp³-hybridized carbons (Fsp3) is 1.00. The van der Waals surface area contributed by atoms with Gasteiger partial charge in [-0.1, -0.05) is 0 Å². The fourth-order valence-electron chi connectivity index (χ4n) is 1.58. The maximum atomic E-state index is 12.5. The lowest BCUT2D eigenvalue weighted by Gasteiger charge is -2.39. The van der Waals surface area contributed by atoms with Crippen LogP contribution in [0.5, 0.6) is 0 Å². The van der Waals surface area contributed by atoms with Crippen LogP contribution in [0.2, 0.25) is 0 Å². The van der Waals surface area contributed by atoms with Gasteiger partial charge >= 0.3 is 31.1 Å². The molecule has 0 aliphatic carbocycles. The van der Waals surface area contributed by atoms with Gasteiger partial charge in [0.25, 0.3) is 0 Å². The first kappa shape index (κ1) is 24.5. The highest BCUT2D eigenvalue weighted by Crippen LogP contribution is 2.53. The Morgan fingerprint density at radius 3 is 1.30 bits per heavy atom. The zero-order chi connectivity index (χ0) is 21.5. The van der Waals surface area contributed by atoms with Crippen molar-refractivity contribution in [2.75, 3.05) is 5.75 Å². The third kappa shape index (κ3) is 7.07. The molecule has 5 N–H and O–H groups in total. The van der Waals surface area contributed by atoms with Crippen LogP contribution in [-0.2, 0) is 20.0 Å². The fourth-order valence-corrected chi connectivity index (χ4v) is 3.31. The van der Waals surface area contributed by atoms with Crippen LogP contribution in [0.1, 0.15) is 0 Å². The van der Waals surface area contributed by atoms with Gasteiger partial charge in [-0.2, -0.15) is 35.8 Å². The minimum Gasteiger partial charge on any atom is -0.272 e. The molecule has 0 radical (unpaired) electrons. The summed E-state index contributed by atoms with van der Waals surface area (Å²) in [5, 5.41) is 4.89. The Kier molecular flexibility index (Phi) is 6.96. The van der Waals surface area contributed by atoms with Crippen molar-refractivity contribution in [3.63, 3.8) is 0 Å². The van der Waals surface area contributed by atoms with Crippen molar-refractivity contribution in [2.24, 2.45) is 0 Å². The third-order valence-electron chi connectivity index (χ3n) is 2.58. The molecule has 0 aromatic carbocycles. The van der Waals surface area contributed by atoms with Gasteiger partial charge in [-0.25, -0.2) is 16.8 Å². The standard InChI is InChI=1S/C6H10F9N5O4S3/c7-5(8,9)26(21,22)19-3-16-2(1-25(13,14)15)17-4(18-3)20-27(23,24)6(10,11)12/h2-4,16-20H,1H2. The lowest BCUT2D eigenvalue weighted by atomic mass is 10.4. The van der Waals surface area contributed by atoms with E-state index >= 15 is 0 Å². The van der Waals surface area contributed by atoms with E-state index in [0.717, 1.165) is 9.44 Å². The minimum absolute atomic E-state index is 0.816. The number of hydrogen-bond acceptors (Lipinski definition) is 7. The molecule has 164 valence electrons. The van der Waals surface area contributed by atoms with E-state index in [1.165, 1.54) is 0 Å². The summed E-state index contributed by atoms with van der Waals surface area (Å²) < 4.78 is 157. The monoisotopic (exact) mass is 483 g/mol. The van der Waals surface area contributed by atoms with Gasteiger partial charge in [0.15, 0.2) is 0 Å². The highest BCUT2D eigenvalue weighted by atomic mass is 32.3. The number of sulfonamides is 2. The summed E-state index contributed by atoms with van der Waals surface area (Å²) in [6, 6.07) is 0. The molecule has 27 heavy (non-hydrogen) atoms. The molecule has 0 aromatic rings. The second-order valence-corrected chi connectivity index (χ2v) is 9.47. The Morgan fingerprint density at radius 1 is 0.704 bits per heavy atom. The second kappa shape index (κ2) is 7.68. The molecule has 21 heteroatoms. The van der Waals surface area contributed by atoms with Crippen LogP contribution < -0.4 is 25.4 Å². The van der Waals surface area contributed by atoms with E-state index < -0.39 is 66.7 Å². The molecule has 0 spiro atoms.